The lowest BCUT2D eigenvalue weighted by molar-refractivity contribution is -0.136. The van der Waals surface area contributed by atoms with Gasteiger partial charge in [0.2, 0.25) is 0 Å². The van der Waals surface area contributed by atoms with Gasteiger partial charge in [0.1, 0.15) is 5.75 Å². The fraction of sp³-hybridized carbons (Fsp3) is 0.333. The monoisotopic (exact) mass is 353 g/mol. The molecule has 26 heavy (non-hydrogen) atoms. The summed E-state index contributed by atoms with van der Waals surface area (Å²) in [6.07, 6.45) is -0.288. The molecule has 0 unspecified atom stereocenters. The van der Waals surface area contributed by atoms with E-state index in [-0.39, 0.29) is 18.1 Å². The minimum absolute atomic E-state index is 0.242. The third-order valence-electron chi connectivity index (χ3n) is 4.62. The zero-order valence-corrected chi connectivity index (χ0v) is 15.2. The van der Waals surface area contributed by atoms with Gasteiger partial charge in [0.15, 0.2) is 11.4 Å². The average molecular weight is 353 g/mol. The fourth-order valence-corrected chi connectivity index (χ4v) is 3.34. The second kappa shape index (κ2) is 6.92. The SMILES string of the molecule is COc1ccc(C(=O)C[C@@]2(O)C(=O)N(CC(C)C)c3ccccc32)cc1. The number of fused-ring (bicyclic) bond motifs is 1. The Hall–Kier alpha value is -2.66. The molecule has 1 aliphatic rings. The maximum absolute atomic E-state index is 13.0. The Kier molecular flexibility index (Phi) is 4.83. The Morgan fingerprint density at radius 2 is 1.81 bits per heavy atom. The molecule has 2 aromatic carbocycles. The van der Waals surface area contributed by atoms with Gasteiger partial charge in [0, 0.05) is 17.7 Å². The van der Waals surface area contributed by atoms with Crippen molar-refractivity contribution in [2.45, 2.75) is 25.9 Å². The van der Waals surface area contributed by atoms with E-state index in [0.717, 1.165) is 0 Å². The lowest BCUT2D eigenvalue weighted by Gasteiger charge is -2.23. The van der Waals surface area contributed by atoms with E-state index in [4.69, 9.17) is 4.74 Å². The highest BCUT2D eigenvalue weighted by Crippen LogP contribution is 2.43. The number of methoxy groups -OCH3 is 1. The molecule has 1 aliphatic heterocycles. The van der Waals surface area contributed by atoms with Gasteiger partial charge in [-0.2, -0.15) is 0 Å². The van der Waals surface area contributed by atoms with E-state index >= 15 is 0 Å². The van der Waals surface area contributed by atoms with Crippen LogP contribution in [0.3, 0.4) is 0 Å². The molecule has 0 radical (unpaired) electrons. The molecule has 1 heterocycles. The lowest BCUT2D eigenvalue weighted by Crippen LogP contribution is -2.43. The van der Waals surface area contributed by atoms with E-state index in [1.807, 2.05) is 26.0 Å². The van der Waals surface area contributed by atoms with Crippen LogP contribution in [0.1, 0.15) is 36.2 Å². The molecule has 0 fully saturated rings. The van der Waals surface area contributed by atoms with Crippen LogP contribution < -0.4 is 9.64 Å². The Labute approximate surface area is 153 Å². The number of anilines is 1. The molecule has 0 saturated heterocycles. The largest absolute Gasteiger partial charge is 0.497 e. The quantitative estimate of drug-likeness (QED) is 0.810. The topological polar surface area (TPSA) is 66.8 Å². The molecule has 0 bridgehead atoms. The first kappa shape index (κ1) is 18.1. The summed E-state index contributed by atoms with van der Waals surface area (Å²) in [6, 6.07) is 13.8. The Morgan fingerprint density at radius 3 is 2.42 bits per heavy atom. The van der Waals surface area contributed by atoms with E-state index in [1.54, 1.807) is 48.4 Å². The predicted molar refractivity (Wildman–Crippen MR) is 99.5 cm³/mol. The van der Waals surface area contributed by atoms with Crippen molar-refractivity contribution in [2.75, 3.05) is 18.6 Å². The summed E-state index contributed by atoms with van der Waals surface area (Å²) in [5.41, 5.74) is -0.224. The molecule has 0 spiro atoms. The van der Waals surface area contributed by atoms with Gasteiger partial charge in [-0.3, -0.25) is 9.59 Å². The molecule has 136 valence electrons. The highest BCUT2D eigenvalue weighted by Gasteiger charge is 2.50. The molecule has 1 atom stereocenters. The molecule has 1 amide bonds. The Balaban J connectivity index is 1.92. The van der Waals surface area contributed by atoms with Gasteiger partial charge in [-0.05, 0) is 36.2 Å². The summed E-state index contributed by atoms with van der Waals surface area (Å²) in [6.45, 7) is 4.51. The zero-order chi connectivity index (χ0) is 18.9. The summed E-state index contributed by atoms with van der Waals surface area (Å²) in [5.74, 6) is 0.163. The van der Waals surface area contributed by atoms with Crippen LogP contribution >= 0.6 is 0 Å². The van der Waals surface area contributed by atoms with Crippen LogP contribution in [0.5, 0.6) is 5.75 Å². The summed E-state index contributed by atoms with van der Waals surface area (Å²) in [7, 11) is 1.55. The molecule has 2 aromatic rings. The summed E-state index contributed by atoms with van der Waals surface area (Å²) in [5, 5.41) is 11.2. The van der Waals surface area contributed by atoms with Crippen molar-refractivity contribution in [1.82, 2.24) is 0 Å². The molecular formula is C21H23NO4. The first-order valence-corrected chi connectivity index (χ1v) is 8.68. The van der Waals surface area contributed by atoms with E-state index in [2.05, 4.69) is 0 Å². The Morgan fingerprint density at radius 1 is 1.15 bits per heavy atom. The number of aliphatic hydroxyl groups is 1. The number of hydrogen-bond donors (Lipinski definition) is 1. The fourth-order valence-electron chi connectivity index (χ4n) is 3.34. The molecular weight excluding hydrogens is 330 g/mol. The number of benzene rings is 2. The zero-order valence-electron chi connectivity index (χ0n) is 15.2. The van der Waals surface area contributed by atoms with Crippen molar-refractivity contribution >= 4 is 17.4 Å². The lowest BCUT2D eigenvalue weighted by atomic mass is 9.88. The molecule has 0 aromatic heterocycles. The maximum Gasteiger partial charge on any atom is 0.264 e. The number of para-hydroxylation sites is 1. The first-order valence-electron chi connectivity index (χ1n) is 8.68. The van der Waals surface area contributed by atoms with Crippen molar-refractivity contribution in [3.8, 4) is 5.75 Å². The van der Waals surface area contributed by atoms with Gasteiger partial charge in [0.05, 0.1) is 19.2 Å². The Bertz CT molecular complexity index is 828. The standard InChI is InChI=1S/C21H23NO4/c1-14(2)13-22-18-7-5-4-6-17(18)21(25,20(22)24)12-19(23)15-8-10-16(26-3)11-9-15/h4-11,14,25H,12-13H2,1-3H3/t21-/m0/s1. The molecule has 0 saturated carbocycles. The maximum atomic E-state index is 13.0. The van der Waals surface area contributed by atoms with Crippen molar-refractivity contribution in [2.24, 2.45) is 5.92 Å². The van der Waals surface area contributed by atoms with Crippen LogP contribution in [-0.4, -0.2) is 30.5 Å². The molecule has 1 N–H and O–H groups in total. The first-order chi connectivity index (χ1) is 12.4. The molecule has 0 aliphatic carbocycles. The van der Waals surface area contributed by atoms with Crippen LogP contribution in [0.4, 0.5) is 5.69 Å². The van der Waals surface area contributed by atoms with Gasteiger partial charge in [-0.1, -0.05) is 32.0 Å². The van der Waals surface area contributed by atoms with Crippen LogP contribution in [-0.2, 0) is 10.4 Å². The number of carbonyl (C=O) groups is 2. The molecule has 3 rings (SSSR count). The smallest absolute Gasteiger partial charge is 0.264 e. The van der Waals surface area contributed by atoms with Gasteiger partial charge < -0.3 is 14.7 Å². The third kappa shape index (κ3) is 3.10. The van der Waals surface area contributed by atoms with Gasteiger partial charge in [-0.15, -0.1) is 0 Å². The number of rotatable bonds is 6. The third-order valence-corrected chi connectivity index (χ3v) is 4.62. The highest BCUT2D eigenvalue weighted by molar-refractivity contribution is 6.10. The predicted octanol–water partition coefficient (Wildman–Crippen LogP) is 3.16. The normalized spacial score (nSPS) is 19.0. The van der Waals surface area contributed by atoms with E-state index < -0.39 is 11.5 Å². The molecule has 5 heteroatoms. The van der Waals surface area contributed by atoms with E-state index in [1.165, 1.54) is 0 Å². The second-order valence-electron chi connectivity index (χ2n) is 7.02. The number of amides is 1. The van der Waals surface area contributed by atoms with Gasteiger partial charge >= 0.3 is 0 Å². The summed E-state index contributed by atoms with van der Waals surface area (Å²) >= 11 is 0. The summed E-state index contributed by atoms with van der Waals surface area (Å²) in [4.78, 5) is 27.3. The van der Waals surface area contributed by atoms with E-state index in [0.29, 0.717) is 29.1 Å². The average Bonchev–Trinajstić information content (AvgIpc) is 2.84. The number of carbonyl (C=O) groups excluding carboxylic acids is 2. The van der Waals surface area contributed by atoms with Gasteiger partial charge in [0.25, 0.3) is 5.91 Å². The number of hydrogen-bond acceptors (Lipinski definition) is 4. The second-order valence-corrected chi connectivity index (χ2v) is 7.02. The van der Waals surface area contributed by atoms with Crippen molar-refractivity contribution in [1.29, 1.82) is 0 Å². The van der Waals surface area contributed by atoms with Crippen LogP contribution in [0.15, 0.2) is 48.5 Å². The number of Topliss-reactive ketones (excluding diaryl/α,β-unsaturated/α-hetero) is 1. The van der Waals surface area contributed by atoms with Gasteiger partial charge in [-0.25, -0.2) is 0 Å². The van der Waals surface area contributed by atoms with Crippen LogP contribution in [0, 0.1) is 5.92 Å². The number of ether oxygens (including phenoxy) is 1. The number of ketones is 1. The van der Waals surface area contributed by atoms with E-state index in [9.17, 15) is 14.7 Å². The molecule has 5 nitrogen and oxygen atoms in total. The van der Waals surface area contributed by atoms with Crippen molar-refractivity contribution < 1.29 is 19.4 Å². The highest BCUT2D eigenvalue weighted by atomic mass is 16.5. The van der Waals surface area contributed by atoms with Crippen molar-refractivity contribution in [3.05, 3.63) is 59.7 Å². The minimum Gasteiger partial charge on any atom is -0.497 e. The minimum atomic E-state index is -1.83. The van der Waals surface area contributed by atoms with Crippen molar-refractivity contribution in [3.63, 3.8) is 0 Å². The van der Waals surface area contributed by atoms with Crippen LogP contribution in [0.2, 0.25) is 0 Å². The summed E-state index contributed by atoms with van der Waals surface area (Å²) < 4.78 is 5.10. The van der Waals surface area contributed by atoms with Crippen LogP contribution in [0.25, 0.3) is 0 Å². The number of nitrogens with zero attached hydrogens (tertiary/aromatic N) is 1.